The Morgan fingerprint density at radius 3 is 2.51 bits per heavy atom. The summed E-state index contributed by atoms with van der Waals surface area (Å²) in [5.41, 5.74) is 0.762. The normalized spacial score (nSPS) is 18.5. The Kier molecular flexibility index (Phi) is 9.46. The molecule has 9 nitrogen and oxygen atoms in total. The largest absolute Gasteiger partial charge is 0.483 e. The van der Waals surface area contributed by atoms with Crippen molar-refractivity contribution in [2.24, 2.45) is 0 Å². The maximum atomic E-state index is 13.6. The summed E-state index contributed by atoms with van der Waals surface area (Å²) in [7, 11) is -4.14. The number of nitrogens with one attached hydrogen (secondary N) is 1. The highest BCUT2D eigenvalue weighted by atomic mass is 35.5. The van der Waals surface area contributed by atoms with E-state index in [1.807, 2.05) is 13.8 Å². The highest BCUT2D eigenvalue weighted by molar-refractivity contribution is 7.89. The van der Waals surface area contributed by atoms with Gasteiger partial charge >= 0.3 is 0 Å². The van der Waals surface area contributed by atoms with Crippen LogP contribution in [0, 0.1) is 11.6 Å². The van der Waals surface area contributed by atoms with E-state index in [-0.39, 0.29) is 40.9 Å². The summed E-state index contributed by atoms with van der Waals surface area (Å²) in [5, 5.41) is 9.02. The molecule has 0 unspecified atom stereocenters. The molecule has 13 heteroatoms. The van der Waals surface area contributed by atoms with Gasteiger partial charge < -0.3 is 14.7 Å². The third-order valence-electron chi connectivity index (χ3n) is 5.94. The SMILES string of the molecule is C[C@@H]1CN(Cc2ccc(F)c(F)c2)[C@@H](C)CN1C(=O)COc1ccc(Cl)cc1CS(=O)(=O)NC(=O)CO. The van der Waals surface area contributed by atoms with Gasteiger partial charge in [0.1, 0.15) is 12.4 Å². The van der Waals surface area contributed by atoms with E-state index in [1.54, 1.807) is 9.62 Å². The van der Waals surface area contributed by atoms with Crippen LogP contribution in [0.5, 0.6) is 5.75 Å². The number of rotatable bonds is 9. The lowest BCUT2D eigenvalue weighted by molar-refractivity contribution is -0.139. The predicted molar refractivity (Wildman–Crippen MR) is 132 cm³/mol. The van der Waals surface area contributed by atoms with Crippen molar-refractivity contribution in [3.05, 3.63) is 64.2 Å². The van der Waals surface area contributed by atoms with Crippen LogP contribution >= 0.6 is 11.6 Å². The lowest BCUT2D eigenvalue weighted by Crippen LogP contribution is -2.58. The molecule has 1 aliphatic rings. The number of halogens is 3. The minimum Gasteiger partial charge on any atom is -0.483 e. The van der Waals surface area contributed by atoms with Crippen LogP contribution in [0.4, 0.5) is 8.78 Å². The molecule has 0 spiro atoms. The van der Waals surface area contributed by atoms with Crippen LogP contribution in [-0.4, -0.2) is 73.5 Å². The lowest BCUT2D eigenvalue weighted by Gasteiger charge is -2.44. The van der Waals surface area contributed by atoms with Gasteiger partial charge in [-0.25, -0.2) is 17.2 Å². The summed E-state index contributed by atoms with van der Waals surface area (Å²) in [5.74, 6) is -3.75. The fourth-order valence-electron chi connectivity index (χ4n) is 4.11. The number of sulfonamides is 1. The number of benzene rings is 2. The summed E-state index contributed by atoms with van der Waals surface area (Å²) in [6, 6.07) is 7.78. The average molecular weight is 560 g/mol. The molecule has 1 aliphatic heterocycles. The molecule has 202 valence electrons. The second-order valence-corrected chi connectivity index (χ2v) is 11.1. The summed E-state index contributed by atoms with van der Waals surface area (Å²) in [6.07, 6.45) is 0. The average Bonchev–Trinajstić information content (AvgIpc) is 2.82. The first-order valence-electron chi connectivity index (χ1n) is 11.4. The van der Waals surface area contributed by atoms with Crippen molar-refractivity contribution in [3.8, 4) is 5.75 Å². The van der Waals surface area contributed by atoms with Crippen LogP contribution in [0.25, 0.3) is 0 Å². The zero-order valence-corrected chi connectivity index (χ0v) is 21.9. The molecule has 0 radical (unpaired) electrons. The van der Waals surface area contributed by atoms with E-state index in [4.69, 9.17) is 21.4 Å². The number of ether oxygens (including phenoxy) is 1. The van der Waals surface area contributed by atoms with Gasteiger partial charge in [0.15, 0.2) is 18.2 Å². The first kappa shape index (κ1) is 28.8. The fourth-order valence-corrected chi connectivity index (χ4v) is 5.42. The van der Waals surface area contributed by atoms with Gasteiger partial charge in [0.05, 0.1) is 5.75 Å². The lowest BCUT2D eigenvalue weighted by atomic mass is 10.1. The molecular formula is C24H28ClF2N3O6S. The zero-order valence-electron chi connectivity index (χ0n) is 20.3. The minimum atomic E-state index is -4.14. The molecule has 2 aromatic rings. The Hall–Kier alpha value is -2.80. The van der Waals surface area contributed by atoms with Crippen LogP contribution < -0.4 is 9.46 Å². The van der Waals surface area contributed by atoms with Gasteiger partial charge in [-0.2, -0.15) is 0 Å². The molecule has 1 heterocycles. The van der Waals surface area contributed by atoms with Crippen LogP contribution in [0.15, 0.2) is 36.4 Å². The summed E-state index contributed by atoms with van der Waals surface area (Å²) in [6.45, 7) is 3.72. The molecule has 0 aromatic heterocycles. The van der Waals surface area contributed by atoms with E-state index < -0.39 is 39.9 Å². The minimum absolute atomic E-state index is 0.0698. The van der Waals surface area contributed by atoms with Crippen molar-refractivity contribution < 1.29 is 36.6 Å². The number of aliphatic hydroxyl groups is 1. The first-order chi connectivity index (χ1) is 17.4. The van der Waals surface area contributed by atoms with E-state index in [0.717, 1.165) is 12.1 Å². The molecule has 2 atom stereocenters. The Labute approximate surface area is 219 Å². The molecule has 1 saturated heterocycles. The number of aliphatic hydroxyl groups excluding tert-OH is 1. The van der Waals surface area contributed by atoms with Crippen molar-refractivity contribution >= 4 is 33.4 Å². The van der Waals surface area contributed by atoms with Crippen LogP contribution in [-0.2, 0) is 31.9 Å². The van der Waals surface area contributed by atoms with Crippen molar-refractivity contribution in [3.63, 3.8) is 0 Å². The molecule has 2 amide bonds. The standard InChI is InChI=1S/C24H28ClF2N3O6S/c1-15-10-30(16(2)9-29(15)11-17-3-5-20(26)21(27)7-17)24(33)13-36-22-6-4-19(25)8-18(22)14-37(34,35)28-23(32)12-31/h3-8,15-16,31H,9-14H2,1-2H3,(H,28,32)/t15-,16+/m0/s1. The highest BCUT2D eigenvalue weighted by Crippen LogP contribution is 2.25. The molecule has 0 bridgehead atoms. The van der Waals surface area contributed by atoms with E-state index in [9.17, 15) is 26.8 Å². The van der Waals surface area contributed by atoms with Gasteiger partial charge in [-0.3, -0.25) is 19.2 Å². The quantitative estimate of drug-likeness (QED) is 0.483. The Morgan fingerprint density at radius 2 is 1.84 bits per heavy atom. The zero-order chi connectivity index (χ0) is 27.3. The van der Waals surface area contributed by atoms with Crippen molar-refractivity contribution in [1.82, 2.24) is 14.5 Å². The Morgan fingerprint density at radius 1 is 1.11 bits per heavy atom. The molecule has 2 aromatic carbocycles. The summed E-state index contributed by atoms with van der Waals surface area (Å²) >= 11 is 5.99. The van der Waals surface area contributed by atoms with Crippen molar-refractivity contribution in [2.45, 2.75) is 38.2 Å². The van der Waals surface area contributed by atoms with Gasteiger partial charge in [-0.15, -0.1) is 0 Å². The van der Waals surface area contributed by atoms with E-state index in [1.165, 1.54) is 24.3 Å². The number of amides is 2. The monoisotopic (exact) mass is 559 g/mol. The molecule has 37 heavy (non-hydrogen) atoms. The van der Waals surface area contributed by atoms with Crippen LogP contribution in [0.3, 0.4) is 0 Å². The second kappa shape index (κ2) is 12.2. The Balaban J connectivity index is 1.63. The topological polar surface area (TPSA) is 116 Å². The predicted octanol–water partition coefficient (Wildman–Crippen LogP) is 2.06. The first-order valence-corrected chi connectivity index (χ1v) is 13.4. The summed E-state index contributed by atoms with van der Waals surface area (Å²) < 4.78 is 58.7. The van der Waals surface area contributed by atoms with E-state index in [2.05, 4.69) is 4.90 Å². The number of carbonyl (C=O) groups excluding carboxylic acids is 2. The second-order valence-electron chi connectivity index (χ2n) is 8.91. The molecule has 3 rings (SSSR count). The molecule has 0 saturated carbocycles. The number of piperazine rings is 1. The van der Waals surface area contributed by atoms with E-state index in [0.29, 0.717) is 25.2 Å². The van der Waals surface area contributed by atoms with Crippen molar-refractivity contribution in [1.29, 1.82) is 0 Å². The fraction of sp³-hybridized carbons (Fsp3) is 0.417. The molecule has 2 N–H and O–H groups in total. The van der Waals surface area contributed by atoms with Gasteiger partial charge in [0.2, 0.25) is 10.0 Å². The van der Waals surface area contributed by atoms with Crippen LogP contribution in [0.2, 0.25) is 5.02 Å². The maximum absolute atomic E-state index is 13.6. The molecular weight excluding hydrogens is 532 g/mol. The number of nitrogens with zero attached hydrogens (tertiary/aromatic N) is 2. The number of hydrogen-bond acceptors (Lipinski definition) is 7. The van der Waals surface area contributed by atoms with Crippen molar-refractivity contribution in [2.75, 3.05) is 26.3 Å². The Bertz CT molecular complexity index is 1260. The highest BCUT2D eigenvalue weighted by Gasteiger charge is 2.32. The third-order valence-corrected chi connectivity index (χ3v) is 7.40. The van der Waals surface area contributed by atoms with Gasteiger partial charge in [-0.1, -0.05) is 17.7 Å². The van der Waals surface area contributed by atoms with Gasteiger partial charge in [0, 0.05) is 42.3 Å². The summed E-state index contributed by atoms with van der Waals surface area (Å²) in [4.78, 5) is 28.0. The van der Waals surface area contributed by atoms with Gasteiger partial charge in [0.25, 0.3) is 11.8 Å². The number of hydrogen-bond donors (Lipinski definition) is 2. The smallest absolute Gasteiger partial charge is 0.260 e. The number of carbonyl (C=O) groups is 2. The molecule has 1 fully saturated rings. The van der Waals surface area contributed by atoms with Gasteiger partial charge in [-0.05, 0) is 49.7 Å². The molecule has 0 aliphatic carbocycles. The maximum Gasteiger partial charge on any atom is 0.260 e. The third kappa shape index (κ3) is 7.84. The van der Waals surface area contributed by atoms with E-state index >= 15 is 0 Å². The van der Waals surface area contributed by atoms with Crippen LogP contribution in [0.1, 0.15) is 25.0 Å².